The van der Waals surface area contributed by atoms with E-state index < -0.39 is 5.82 Å². The number of nitrogens with zero attached hydrogens (tertiary/aromatic N) is 1. The van der Waals surface area contributed by atoms with Crippen molar-refractivity contribution in [1.29, 1.82) is 0 Å². The van der Waals surface area contributed by atoms with E-state index in [1.165, 1.54) is 24.3 Å². The van der Waals surface area contributed by atoms with Crippen molar-refractivity contribution in [3.05, 3.63) is 63.1 Å². The molecule has 0 unspecified atom stereocenters. The van der Waals surface area contributed by atoms with Crippen molar-refractivity contribution >= 4 is 27.5 Å². The molecule has 1 aliphatic rings. The summed E-state index contributed by atoms with van der Waals surface area (Å²) < 4.78 is 28.2. The number of amides is 1. The topological polar surface area (TPSA) is 20.3 Å². The summed E-state index contributed by atoms with van der Waals surface area (Å²) in [5, 5.41) is 0. The van der Waals surface area contributed by atoms with E-state index in [1.807, 2.05) is 0 Å². The van der Waals surface area contributed by atoms with Crippen molar-refractivity contribution in [1.82, 2.24) is 0 Å². The maximum absolute atomic E-state index is 14.1. The lowest BCUT2D eigenvalue weighted by Gasteiger charge is -2.31. The van der Waals surface area contributed by atoms with Crippen molar-refractivity contribution in [2.45, 2.75) is 19.8 Å². The number of aryl methyl sites for hydroxylation is 2. The average molecular weight is 366 g/mol. The molecule has 2 aromatic carbocycles. The van der Waals surface area contributed by atoms with Crippen molar-refractivity contribution in [3.63, 3.8) is 0 Å². The van der Waals surface area contributed by atoms with Crippen LogP contribution in [0.1, 0.15) is 27.9 Å². The highest BCUT2D eigenvalue weighted by molar-refractivity contribution is 9.10. The van der Waals surface area contributed by atoms with Gasteiger partial charge in [0.05, 0.1) is 11.3 Å². The van der Waals surface area contributed by atoms with Crippen LogP contribution in [0.25, 0.3) is 0 Å². The van der Waals surface area contributed by atoms with Gasteiger partial charge in [-0.1, -0.05) is 15.9 Å². The number of halogens is 3. The number of benzene rings is 2. The predicted octanol–water partition coefficient (Wildman–Crippen LogP) is 4.63. The third kappa shape index (κ3) is 2.65. The molecule has 0 aromatic heterocycles. The maximum Gasteiger partial charge on any atom is 0.261 e. The molecule has 1 amide bonds. The summed E-state index contributed by atoms with van der Waals surface area (Å²) in [5.74, 6) is -1.26. The Morgan fingerprint density at radius 3 is 2.73 bits per heavy atom. The molecule has 0 radical (unpaired) electrons. The zero-order valence-corrected chi connectivity index (χ0v) is 13.6. The number of hydrogen-bond donors (Lipinski definition) is 0. The summed E-state index contributed by atoms with van der Waals surface area (Å²) in [4.78, 5) is 14.3. The molecule has 0 bridgehead atoms. The predicted molar refractivity (Wildman–Crippen MR) is 85.2 cm³/mol. The number of carbonyl (C=O) groups is 1. The Balaban J connectivity index is 2.06. The molecule has 0 fully saturated rings. The number of anilines is 1. The lowest BCUT2D eigenvalue weighted by Crippen LogP contribution is -2.36. The van der Waals surface area contributed by atoms with E-state index in [2.05, 4.69) is 15.9 Å². The monoisotopic (exact) mass is 365 g/mol. The van der Waals surface area contributed by atoms with Crippen LogP contribution in [-0.2, 0) is 6.42 Å². The van der Waals surface area contributed by atoms with Crippen molar-refractivity contribution in [2.75, 3.05) is 11.4 Å². The number of rotatable bonds is 1. The van der Waals surface area contributed by atoms with Gasteiger partial charge in [-0.25, -0.2) is 8.78 Å². The molecule has 5 heteroatoms. The van der Waals surface area contributed by atoms with E-state index in [0.29, 0.717) is 22.3 Å². The van der Waals surface area contributed by atoms with Crippen LogP contribution in [0.3, 0.4) is 0 Å². The van der Waals surface area contributed by atoms with E-state index >= 15 is 0 Å². The highest BCUT2D eigenvalue weighted by Gasteiger charge is 2.27. The molecule has 0 aliphatic carbocycles. The van der Waals surface area contributed by atoms with Gasteiger partial charge in [0, 0.05) is 11.0 Å². The molecule has 3 rings (SSSR count). The Hall–Kier alpha value is -1.75. The largest absolute Gasteiger partial charge is 0.308 e. The van der Waals surface area contributed by atoms with E-state index in [-0.39, 0.29) is 17.3 Å². The number of hydrogen-bond acceptors (Lipinski definition) is 1. The Labute approximate surface area is 135 Å². The fraction of sp³-hybridized carbons (Fsp3) is 0.235. The smallest absolute Gasteiger partial charge is 0.261 e. The second-order valence-corrected chi connectivity index (χ2v) is 6.33. The summed E-state index contributed by atoms with van der Waals surface area (Å²) in [6, 6.07) is 7.24. The normalized spacial score (nSPS) is 13.9. The van der Waals surface area contributed by atoms with Gasteiger partial charge in [-0.3, -0.25) is 4.79 Å². The molecule has 0 saturated heterocycles. The Morgan fingerprint density at radius 1 is 1.23 bits per heavy atom. The molecular weight excluding hydrogens is 352 g/mol. The van der Waals surface area contributed by atoms with Crippen LogP contribution in [0.15, 0.2) is 34.8 Å². The molecule has 1 aliphatic heterocycles. The minimum absolute atomic E-state index is 0.0276. The molecule has 0 saturated carbocycles. The van der Waals surface area contributed by atoms with Crippen LogP contribution in [0.5, 0.6) is 0 Å². The molecule has 1 heterocycles. The third-order valence-electron chi connectivity index (χ3n) is 3.85. The van der Waals surface area contributed by atoms with Gasteiger partial charge in [0.2, 0.25) is 0 Å². The molecule has 2 nitrogen and oxygen atoms in total. The lowest BCUT2D eigenvalue weighted by atomic mass is 9.97. The van der Waals surface area contributed by atoms with Gasteiger partial charge in [-0.05, 0) is 61.2 Å². The molecular formula is C17H14BrF2NO. The number of fused-ring (bicyclic) bond motifs is 1. The van der Waals surface area contributed by atoms with Gasteiger partial charge in [-0.2, -0.15) is 0 Å². The van der Waals surface area contributed by atoms with Gasteiger partial charge in [0.25, 0.3) is 5.91 Å². The standard InChI is InChI=1S/C17H14BrF2NO/c1-10-7-13(19)8-11-3-2-6-21(16(10)11)17(22)14-5-4-12(18)9-15(14)20/h4-5,7-9H,2-3,6H2,1H3. The highest BCUT2D eigenvalue weighted by atomic mass is 79.9. The van der Waals surface area contributed by atoms with E-state index in [9.17, 15) is 13.6 Å². The molecule has 2 aromatic rings. The minimum Gasteiger partial charge on any atom is -0.308 e. The van der Waals surface area contributed by atoms with E-state index in [1.54, 1.807) is 17.9 Å². The third-order valence-corrected chi connectivity index (χ3v) is 4.34. The lowest BCUT2D eigenvalue weighted by molar-refractivity contribution is 0.0981. The Bertz CT molecular complexity index is 761. The van der Waals surface area contributed by atoms with Crippen molar-refractivity contribution in [2.24, 2.45) is 0 Å². The summed E-state index contributed by atoms with van der Waals surface area (Å²) in [5.41, 5.74) is 2.23. The summed E-state index contributed by atoms with van der Waals surface area (Å²) in [6.45, 7) is 2.28. The van der Waals surface area contributed by atoms with Crippen LogP contribution in [0.2, 0.25) is 0 Å². The first-order chi connectivity index (χ1) is 10.5. The van der Waals surface area contributed by atoms with Gasteiger partial charge in [0.15, 0.2) is 0 Å². The second-order valence-electron chi connectivity index (χ2n) is 5.41. The van der Waals surface area contributed by atoms with Gasteiger partial charge in [-0.15, -0.1) is 0 Å². The minimum atomic E-state index is -0.564. The van der Waals surface area contributed by atoms with Gasteiger partial charge >= 0.3 is 0 Å². The number of carbonyl (C=O) groups excluding carboxylic acids is 1. The summed E-state index contributed by atoms with van der Waals surface area (Å²) in [7, 11) is 0. The van der Waals surface area contributed by atoms with E-state index in [0.717, 1.165) is 18.4 Å². The SMILES string of the molecule is Cc1cc(F)cc2c1N(C(=O)c1ccc(Br)cc1F)CCC2. The van der Waals surface area contributed by atoms with Crippen LogP contribution in [0, 0.1) is 18.6 Å². The van der Waals surface area contributed by atoms with Crippen LogP contribution in [0.4, 0.5) is 14.5 Å². The molecule has 0 atom stereocenters. The first-order valence-electron chi connectivity index (χ1n) is 7.03. The second kappa shape index (κ2) is 5.80. The zero-order chi connectivity index (χ0) is 15.9. The molecule has 114 valence electrons. The summed E-state index contributed by atoms with van der Waals surface area (Å²) in [6.07, 6.45) is 1.46. The fourth-order valence-corrected chi connectivity index (χ4v) is 3.27. The first kappa shape index (κ1) is 15.2. The van der Waals surface area contributed by atoms with Crippen LogP contribution in [-0.4, -0.2) is 12.5 Å². The maximum atomic E-state index is 14.1. The van der Waals surface area contributed by atoms with Crippen molar-refractivity contribution < 1.29 is 13.6 Å². The Kier molecular flexibility index (Phi) is 4.00. The highest BCUT2D eigenvalue weighted by Crippen LogP contribution is 2.33. The fourth-order valence-electron chi connectivity index (χ4n) is 2.93. The van der Waals surface area contributed by atoms with Crippen LogP contribution >= 0.6 is 15.9 Å². The van der Waals surface area contributed by atoms with Gasteiger partial charge in [0.1, 0.15) is 11.6 Å². The molecule has 0 N–H and O–H groups in total. The van der Waals surface area contributed by atoms with Gasteiger partial charge < -0.3 is 4.90 Å². The zero-order valence-electron chi connectivity index (χ0n) is 12.0. The molecule has 0 spiro atoms. The Morgan fingerprint density at radius 2 is 2.00 bits per heavy atom. The average Bonchev–Trinajstić information content (AvgIpc) is 2.45. The first-order valence-corrected chi connectivity index (χ1v) is 7.82. The van der Waals surface area contributed by atoms with Crippen LogP contribution < -0.4 is 4.90 Å². The molecule has 22 heavy (non-hydrogen) atoms. The summed E-state index contributed by atoms with van der Waals surface area (Å²) >= 11 is 3.18. The quantitative estimate of drug-likeness (QED) is 0.721. The van der Waals surface area contributed by atoms with E-state index in [4.69, 9.17) is 0 Å². The van der Waals surface area contributed by atoms with Crippen molar-refractivity contribution in [3.8, 4) is 0 Å².